The lowest BCUT2D eigenvalue weighted by atomic mass is 10.1. The van der Waals surface area contributed by atoms with E-state index in [9.17, 15) is 0 Å². The average Bonchev–Trinajstić information content (AvgIpc) is 2.91. The molecule has 5 nitrogen and oxygen atoms in total. The van der Waals surface area contributed by atoms with E-state index < -0.39 is 0 Å². The minimum atomic E-state index is 0.211. The molecule has 0 saturated heterocycles. The normalized spacial score (nSPS) is 11.9. The van der Waals surface area contributed by atoms with Gasteiger partial charge in [-0.1, -0.05) is 12.1 Å². The van der Waals surface area contributed by atoms with Crippen LogP contribution in [0.3, 0.4) is 0 Å². The van der Waals surface area contributed by atoms with E-state index in [1.165, 1.54) is 0 Å². The Bertz CT molecular complexity index is 745. The summed E-state index contributed by atoms with van der Waals surface area (Å²) in [4.78, 5) is 12.9. The van der Waals surface area contributed by atoms with Gasteiger partial charge in [0, 0.05) is 24.2 Å². The van der Waals surface area contributed by atoms with Crippen LogP contribution in [0.4, 0.5) is 5.69 Å². The molecule has 3 aromatic rings. The van der Waals surface area contributed by atoms with Crippen molar-refractivity contribution in [2.24, 2.45) is 10.7 Å². The van der Waals surface area contributed by atoms with Gasteiger partial charge in [0.1, 0.15) is 5.84 Å². The molecule has 0 bridgehead atoms. The van der Waals surface area contributed by atoms with Crippen LogP contribution in [0.15, 0.2) is 53.9 Å². The maximum absolute atomic E-state index is 5.64. The summed E-state index contributed by atoms with van der Waals surface area (Å²) >= 11 is 5.63. The van der Waals surface area contributed by atoms with Crippen molar-refractivity contribution in [3.63, 3.8) is 0 Å². The molecular formula is C14H12ClN5. The Hall–Kier alpha value is -2.40. The quantitative estimate of drug-likeness (QED) is 0.457. The maximum Gasteiger partial charge on any atom is 0.234 e. The molecule has 0 saturated carbocycles. The maximum atomic E-state index is 5.64. The molecule has 0 radical (unpaired) electrons. The number of rotatable bonds is 3. The summed E-state index contributed by atoms with van der Waals surface area (Å²) in [6.45, 7) is 0. The van der Waals surface area contributed by atoms with Crippen LogP contribution in [-0.2, 0) is 0 Å². The molecule has 0 spiro atoms. The smallest absolute Gasteiger partial charge is 0.234 e. The number of imidazole rings is 1. The van der Waals surface area contributed by atoms with Crippen molar-refractivity contribution in [1.82, 2.24) is 14.4 Å². The average molecular weight is 286 g/mol. The SMILES string of the molecule is NC(CCl)=Nc1cccc(-c2cn3cccnc3n2)c1. The topological polar surface area (TPSA) is 68.6 Å². The highest BCUT2D eigenvalue weighted by molar-refractivity contribution is 6.28. The van der Waals surface area contributed by atoms with Gasteiger partial charge in [-0.3, -0.25) is 4.40 Å². The van der Waals surface area contributed by atoms with Gasteiger partial charge in [-0.05, 0) is 18.2 Å². The van der Waals surface area contributed by atoms with Crippen molar-refractivity contribution in [2.75, 3.05) is 5.88 Å². The van der Waals surface area contributed by atoms with Crippen LogP contribution in [0, 0.1) is 0 Å². The zero-order valence-corrected chi connectivity index (χ0v) is 11.3. The van der Waals surface area contributed by atoms with Gasteiger partial charge in [0.05, 0.1) is 17.3 Å². The number of hydrogen-bond acceptors (Lipinski definition) is 3. The molecule has 2 heterocycles. The molecule has 0 fully saturated rings. The number of halogens is 1. The van der Waals surface area contributed by atoms with Gasteiger partial charge >= 0.3 is 0 Å². The van der Waals surface area contributed by atoms with Gasteiger partial charge in [0.2, 0.25) is 5.78 Å². The highest BCUT2D eigenvalue weighted by Gasteiger charge is 2.05. The summed E-state index contributed by atoms with van der Waals surface area (Å²) in [6.07, 6.45) is 5.55. The van der Waals surface area contributed by atoms with Crippen molar-refractivity contribution < 1.29 is 0 Å². The van der Waals surface area contributed by atoms with Crippen molar-refractivity contribution in [3.05, 3.63) is 48.9 Å². The fraction of sp³-hybridized carbons (Fsp3) is 0.0714. The van der Waals surface area contributed by atoms with Gasteiger partial charge in [0.25, 0.3) is 0 Å². The second-order valence-electron chi connectivity index (χ2n) is 4.24. The van der Waals surface area contributed by atoms with Gasteiger partial charge in [-0.2, -0.15) is 0 Å². The summed E-state index contributed by atoms with van der Waals surface area (Å²) in [5.74, 6) is 1.26. The van der Waals surface area contributed by atoms with E-state index >= 15 is 0 Å². The molecule has 0 aliphatic rings. The first kappa shape index (κ1) is 12.6. The van der Waals surface area contributed by atoms with E-state index in [1.807, 2.05) is 47.1 Å². The fourth-order valence-electron chi connectivity index (χ4n) is 1.90. The van der Waals surface area contributed by atoms with Crippen molar-refractivity contribution >= 4 is 28.9 Å². The highest BCUT2D eigenvalue weighted by atomic mass is 35.5. The number of nitrogens with two attached hydrogens (primary N) is 1. The molecule has 0 aliphatic heterocycles. The number of fused-ring (bicyclic) bond motifs is 1. The molecule has 2 N–H and O–H groups in total. The molecule has 0 unspecified atom stereocenters. The van der Waals surface area contributed by atoms with E-state index in [0.29, 0.717) is 11.6 Å². The largest absolute Gasteiger partial charge is 0.386 e. The molecule has 0 aliphatic carbocycles. The van der Waals surface area contributed by atoms with Gasteiger partial charge in [-0.15, -0.1) is 11.6 Å². The summed E-state index contributed by atoms with van der Waals surface area (Å²) in [6, 6.07) is 9.53. The summed E-state index contributed by atoms with van der Waals surface area (Å²) in [5, 5.41) is 0. The number of nitrogens with zero attached hydrogens (tertiary/aromatic N) is 4. The molecule has 0 atom stereocenters. The number of amidine groups is 1. The fourth-order valence-corrected chi connectivity index (χ4v) is 1.96. The standard InChI is InChI=1S/C14H12ClN5/c15-8-13(16)18-11-4-1-3-10(7-11)12-9-20-6-2-5-17-14(20)19-12/h1-7,9H,8H2,(H2,16,18). The number of benzene rings is 1. The molecule has 0 amide bonds. The van der Waals surface area contributed by atoms with Crippen LogP contribution >= 0.6 is 11.6 Å². The summed E-state index contributed by atoms with van der Waals surface area (Å²) in [7, 11) is 0. The number of alkyl halides is 1. The van der Waals surface area contributed by atoms with Crippen molar-refractivity contribution in [2.45, 2.75) is 0 Å². The van der Waals surface area contributed by atoms with E-state index in [-0.39, 0.29) is 5.88 Å². The Labute approximate surface area is 120 Å². The van der Waals surface area contributed by atoms with Crippen LogP contribution in [-0.4, -0.2) is 26.1 Å². The Morgan fingerprint density at radius 1 is 1.35 bits per heavy atom. The third-order valence-electron chi connectivity index (χ3n) is 2.79. The Morgan fingerprint density at radius 3 is 3.05 bits per heavy atom. The lowest BCUT2D eigenvalue weighted by Crippen LogP contribution is -2.12. The van der Waals surface area contributed by atoms with Crippen LogP contribution in [0.5, 0.6) is 0 Å². The Morgan fingerprint density at radius 2 is 2.25 bits per heavy atom. The predicted molar refractivity (Wildman–Crippen MR) is 80.4 cm³/mol. The molecule has 6 heteroatoms. The third-order valence-corrected chi connectivity index (χ3v) is 3.06. The first-order valence-electron chi connectivity index (χ1n) is 6.05. The summed E-state index contributed by atoms with van der Waals surface area (Å²) < 4.78 is 1.87. The number of aliphatic imine (C=N–C) groups is 1. The minimum Gasteiger partial charge on any atom is -0.386 e. The van der Waals surface area contributed by atoms with Gasteiger partial charge < -0.3 is 5.73 Å². The van der Waals surface area contributed by atoms with E-state index in [0.717, 1.165) is 16.9 Å². The minimum absolute atomic E-state index is 0.211. The van der Waals surface area contributed by atoms with Gasteiger partial charge in [0.15, 0.2) is 0 Å². The second-order valence-corrected chi connectivity index (χ2v) is 4.51. The van der Waals surface area contributed by atoms with Crippen LogP contribution < -0.4 is 5.73 Å². The Balaban J connectivity index is 2.03. The predicted octanol–water partition coefficient (Wildman–Crippen LogP) is 2.62. The molecule has 2 aromatic heterocycles. The molecular weight excluding hydrogens is 274 g/mol. The number of aromatic nitrogens is 3. The van der Waals surface area contributed by atoms with Crippen LogP contribution in [0.2, 0.25) is 0 Å². The first-order chi connectivity index (χ1) is 9.76. The summed E-state index contributed by atoms with van der Waals surface area (Å²) in [5.41, 5.74) is 8.19. The molecule has 20 heavy (non-hydrogen) atoms. The zero-order valence-electron chi connectivity index (χ0n) is 10.6. The Kier molecular flexibility index (Phi) is 3.35. The highest BCUT2D eigenvalue weighted by Crippen LogP contribution is 2.23. The van der Waals surface area contributed by atoms with E-state index in [4.69, 9.17) is 17.3 Å². The van der Waals surface area contributed by atoms with Crippen LogP contribution in [0.25, 0.3) is 17.0 Å². The van der Waals surface area contributed by atoms with Crippen LogP contribution in [0.1, 0.15) is 0 Å². The van der Waals surface area contributed by atoms with Crippen molar-refractivity contribution in [3.8, 4) is 11.3 Å². The molecule has 100 valence electrons. The molecule has 1 aromatic carbocycles. The van der Waals surface area contributed by atoms with E-state index in [2.05, 4.69) is 15.0 Å². The monoisotopic (exact) mass is 285 g/mol. The third kappa shape index (κ3) is 2.48. The number of hydrogen-bond donors (Lipinski definition) is 1. The lowest BCUT2D eigenvalue weighted by Gasteiger charge is -1.99. The van der Waals surface area contributed by atoms with E-state index in [1.54, 1.807) is 6.20 Å². The lowest BCUT2D eigenvalue weighted by molar-refractivity contribution is 1.11. The first-order valence-corrected chi connectivity index (χ1v) is 6.59. The van der Waals surface area contributed by atoms with Gasteiger partial charge in [-0.25, -0.2) is 15.0 Å². The second kappa shape index (κ2) is 5.30. The zero-order chi connectivity index (χ0) is 13.9. The molecule has 3 rings (SSSR count). The van der Waals surface area contributed by atoms with Crippen molar-refractivity contribution in [1.29, 1.82) is 0 Å².